The molecule has 14 heteroatoms. The number of ether oxygens (including phenoxy) is 2. The fourth-order valence-corrected chi connectivity index (χ4v) is 7.42. The second-order valence-electron chi connectivity index (χ2n) is 12.5. The number of carbonyl (C=O) groups is 1. The lowest BCUT2D eigenvalue weighted by molar-refractivity contribution is -0.119. The minimum absolute atomic E-state index is 0.124. The van der Waals surface area contributed by atoms with E-state index in [0.717, 1.165) is 67.1 Å². The Labute approximate surface area is 300 Å². The van der Waals surface area contributed by atoms with Crippen molar-refractivity contribution in [1.82, 2.24) is 45.3 Å². The Hall–Kier alpha value is -4.65. The maximum atomic E-state index is 11.5. The summed E-state index contributed by atoms with van der Waals surface area (Å²) >= 11 is 14.2. The Kier molecular flexibility index (Phi) is 10.2. The largest absolute Gasteiger partial charge is 0.480 e. The van der Waals surface area contributed by atoms with Crippen LogP contribution in [0.1, 0.15) is 55.2 Å². The molecule has 5 heterocycles. The Balaban J connectivity index is 1.10. The van der Waals surface area contributed by atoms with Gasteiger partial charge < -0.3 is 14.8 Å². The lowest BCUT2D eigenvalue weighted by atomic mass is 9.98. The molecule has 2 aliphatic heterocycles. The third-order valence-electron chi connectivity index (χ3n) is 9.37. The van der Waals surface area contributed by atoms with E-state index < -0.39 is 0 Å². The van der Waals surface area contributed by atoms with Gasteiger partial charge in [-0.15, -0.1) is 0 Å². The fraction of sp³-hybridized carbons (Fsp3) is 0.361. The first kappa shape index (κ1) is 33.8. The van der Waals surface area contributed by atoms with Gasteiger partial charge in [-0.1, -0.05) is 59.6 Å². The van der Waals surface area contributed by atoms with E-state index in [4.69, 9.17) is 52.6 Å². The molecule has 1 unspecified atom stereocenters. The van der Waals surface area contributed by atoms with Crippen LogP contribution in [0.15, 0.2) is 55.1 Å². The zero-order valence-corrected chi connectivity index (χ0v) is 29.3. The molecule has 1 amide bonds. The number of halogens is 2. The number of aromatic amines is 1. The summed E-state index contributed by atoms with van der Waals surface area (Å²) < 4.78 is 11.3. The number of methoxy groups -OCH3 is 2. The van der Waals surface area contributed by atoms with Gasteiger partial charge in [-0.25, -0.2) is 15.0 Å². The number of H-pyrrole nitrogens is 1. The summed E-state index contributed by atoms with van der Waals surface area (Å²) in [6.07, 6.45) is 9.91. The predicted octanol–water partition coefficient (Wildman–Crippen LogP) is 6.30. The third-order valence-corrected chi connectivity index (χ3v) is 10.2. The van der Waals surface area contributed by atoms with Crippen molar-refractivity contribution < 1.29 is 14.3 Å². The number of benzene rings is 2. The highest BCUT2D eigenvalue weighted by molar-refractivity contribution is 6.39. The number of nitrogens with one attached hydrogen (secondary N) is 2. The van der Waals surface area contributed by atoms with Crippen molar-refractivity contribution in [3.63, 3.8) is 0 Å². The summed E-state index contributed by atoms with van der Waals surface area (Å²) in [7, 11) is 3.19. The lowest BCUT2D eigenvalue weighted by Gasteiger charge is -2.17. The monoisotopic (exact) mass is 713 g/mol. The average Bonchev–Trinajstić information content (AvgIpc) is 3.92. The second-order valence-corrected chi connectivity index (χ2v) is 13.3. The smallest absolute Gasteiger partial charge is 0.237 e. The van der Waals surface area contributed by atoms with Gasteiger partial charge in [0, 0.05) is 53.7 Å². The van der Waals surface area contributed by atoms with Crippen molar-refractivity contribution >= 4 is 29.1 Å². The first-order chi connectivity index (χ1) is 24.4. The van der Waals surface area contributed by atoms with E-state index in [-0.39, 0.29) is 11.9 Å². The summed E-state index contributed by atoms with van der Waals surface area (Å²) in [5, 5.41) is 11.0. The van der Waals surface area contributed by atoms with Gasteiger partial charge in [0.15, 0.2) is 0 Å². The molecule has 2 atom stereocenters. The summed E-state index contributed by atoms with van der Waals surface area (Å²) in [4.78, 5) is 37.2. The van der Waals surface area contributed by atoms with E-state index in [9.17, 15) is 4.79 Å². The SMILES string of the molecule is COc1nc(-c2cccc(-c3cccc(-c4cnc(CN5CCC(c6ncn[nH]6)C5)c(OC)n4)c3Cl)c2Cl)cnc1CCC[C@@H]1CCC(=O)N1. The summed E-state index contributed by atoms with van der Waals surface area (Å²) in [6, 6.07) is 11.7. The number of hydrogen-bond acceptors (Lipinski definition) is 10. The Morgan fingerprint density at radius 2 is 1.50 bits per heavy atom. The molecule has 12 nitrogen and oxygen atoms in total. The van der Waals surface area contributed by atoms with Gasteiger partial charge in [0.25, 0.3) is 0 Å². The van der Waals surface area contributed by atoms with E-state index in [1.165, 1.54) is 0 Å². The van der Waals surface area contributed by atoms with Crippen LogP contribution in [-0.2, 0) is 17.8 Å². The molecule has 0 aliphatic carbocycles. The van der Waals surface area contributed by atoms with E-state index in [0.29, 0.717) is 69.6 Å². The summed E-state index contributed by atoms with van der Waals surface area (Å²) in [5.41, 5.74) is 5.59. The van der Waals surface area contributed by atoms with Crippen LogP contribution >= 0.6 is 23.2 Å². The van der Waals surface area contributed by atoms with Crippen molar-refractivity contribution in [2.45, 2.75) is 57.0 Å². The van der Waals surface area contributed by atoms with Gasteiger partial charge in [-0.2, -0.15) is 5.10 Å². The molecule has 2 saturated heterocycles. The van der Waals surface area contributed by atoms with Gasteiger partial charge in [0.05, 0.1) is 48.0 Å². The zero-order chi connectivity index (χ0) is 34.6. The standard InChI is InChI=1S/C36H37Cl2N9O3/c1-49-35-27(11-3-6-22-12-13-31(48)43-22)39-16-28(44-35)25-9-4-7-23(32(25)37)24-8-5-10-26(33(24)38)29-17-40-30(36(45-29)50-2)19-47-15-14-21(18-47)34-41-20-42-46-34/h4-5,7-10,16-17,20-22H,3,6,11-15,18-19H2,1-2H3,(H,43,48)(H,41,42,46)/t21?,22-/m1/s1. The molecule has 258 valence electrons. The molecule has 2 N–H and O–H groups in total. The van der Waals surface area contributed by atoms with Crippen molar-refractivity contribution in [2.75, 3.05) is 27.3 Å². The minimum Gasteiger partial charge on any atom is -0.480 e. The van der Waals surface area contributed by atoms with Gasteiger partial charge in [0.1, 0.15) is 23.5 Å². The molecule has 7 rings (SSSR count). The normalized spacial score (nSPS) is 17.6. The second kappa shape index (κ2) is 15.1. The Bertz CT molecular complexity index is 1990. The topological polar surface area (TPSA) is 144 Å². The van der Waals surface area contributed by atoms with Gasteiger partial charge in [-0.05, 0) is 38.6 Å². The zero-order valence-electron chi connectivity index (χ0n) is 27.8. The van der Waals surface area contributed by atoms with Crippen LogP contribution in [0.4, 0.5) is 0 Å². The quantitative estimate of drug-likeness (QED) is 0.151. The van der Waals surface area contributed by atoms with Crippen LogP contribution in [-0.4, -0.2) is 79.3 Å². The van der Waals surface area contributed by atoms with Crippen LogP contribution < -0.4 is 14.8 Å². The first-order valence-electron chi connectivity index (χ1n) is 16.7. The number of nitrogens with zero attached hydrogens (tertiary/aromatic N) is 7. The highest BCUT2D eigenvalue weighted by atomic mass is 35.5. The number of amides is 1. The van der Waals surface area contributed by atoms with Crippen LogP contribution in [0.25, 0.3) is 33.6 Å². The number of likely N-dealkylation sites (tertiary alicyclic amines) is 1. The van der Waals surface area contributed by atoms with E-state index >= 15 is 0 Å². The van der Waals surface area contributed by atoms with Crippen LogP contribution in [0.5, 0.6) is 11.8 Å². The van der Waals surface area contributed by atoms with Gasteiger partial charge in [-0.3, -0.25) is 24.8 Å². The molecule has 0 radical (unpaired) electrons. The molecule has 0 bridgehead atoms. The molecular formula is C36H37Cl2N9O3. The molecule has 50 heavy (non-hydrogen) atoms. The van der Waals surface area contributed by atoms with Crippen molar-refractivity contribution in [3.05, 3.63) is 82.4 Å². The maximum Gasteiger partial charge on any atom is 0.237 e. The van der Waals surface area contributed by atoms with Gasteiger partial charge in [0.2, 0.25) is 17.7 Å². The molecule has 0 saturated carbocycles. The summed E-state index contributed by atoms with van der Waals surface area (Å²) in [5.74, 6) is 2.24. The van der Waals surface area contributed by atoms with Crippen LogP contribution in [0, 0.1) is 0 Å². The van der Waals surface area contributed by atoms with E-state index in [2.05, 4.69) is 25.4 Å². The minimum atomic E-state index is 0.124. The van der Waals surface area contributed by atoms with Crippen molar-refractivity contribution in [1.29, 1.82) is 0 Å². The van der Waals surface area contributed by atoms with Gasteiger partial charge >= 0.3 is 0 Å². The Morgan fingerprint density at radius 1 is 0.860 bits per heavy atom. The molecule has 2 aromatic carbocycles. The van der Waals surface area contributed by atoms with E-state index in [1.54, 1.807) is 32.9 Å². The van der Waals surface area contributed by atoms with Crippen molar-refractivity contribution in [2.24, 2.45) is 0 Å². The number of carbonyl (C=O) groups excluding carboxylic acids is 1. The molecular weight excluding hydrogens is 677 g/mol. The number of hydrogen-bond donors (Lipinski definition) is 2. The predicted molar refractivity (Wildman–Crippen MR) is 190 cm³/mol. The molecule has 3 aromatic heterocycles. The first-order valence-corrected chi connectivity index (χ1v) is 17.4. The number of aromatic nitrogens is 7. The number of rotatable bonds is 12. The van der Waals surface area contributed by atoms with E-state index in [1.807, 2.05) is 36.4 Å². The summed E-state index contributed by atoms with van der Waals surface area (Å²) in [6.45, 7) is 2.36. The van der Waals surface area contributed by atoms with Crippen LogP contribution in [0.2, 0.25) is 10.0 Å². The molecule has 5 aromatic rings. The maximum absolute atomic E-state index is 11.5. The average molecular weight is 715 g/mol. The lowest BCUT2D eigenvalue weighted by Crippen LogP contribution is -2.25. The fourth-order valence-electron chi connectivity index (χ4n) is 6.77. The highest BCUT2D eigenvalue weighted by Crippen LogP contribution is 2.42. The molecule has 0 spiro atoms. The Morgan fingerprint density at radius 3 is 2.10 bits per heavy atom. The van der Waals surface area contributed by atoms with Crippen LogP contribution in [0.3, 0.4) is 0 Å². The number of aryl methyl sites for hydroxylation is 1. The third kappa shape index (κ3) is 7.14. The van der Waals surface area contributed by atoms with Crippen molar-refractivity contribution in [3.8, 4) is 45.4 Å². The molecule has 2 aliphatic rings. The highest BCUT2D eigenvalue weighted by Gasteiger charge is 2.28. The molecule has 2 fully saturated rings.